The predicted molar refractivity (Wildman–Crippen MR) is 78.4 cm³/mol. The zero-order valence-electron chi connectivity index (χ0n) is 13.1. The minimum Gasteiger partial charge on any atom is -0.381 e. The van der Waals surface area contributed by atoms with Gasteiger partial charge in [-0.1, -0.05) is 13.8 Å². The maximum absolute atomic E-state index is 6.08. The summed E-state index contributed by atoms with van der Waals surface area (Å²) in [6.45, 7) is 6.59. The van der Waals surface area contributed by atoms with E-state index in [1.54, 1.807) is 0 Å². The molecule has 0 radical (unpaired) electrons. The number of methoxy groups -OCH3 is 1. The molecular formula is C16H31NO2. The van der Waals surface area contributed by atoms with Crippen LogP contribution in [0, 0.1) is 11.3 Å². The van der Waals surface area contributed by atoms with E-state index in [1.165, 1.54) is 38.5 Å². The Hall–Kier alpha value is -0.120. The van der Waals surface area contributed by atoms with Gasteiger partial charge in [-0.05, 0) is 56.9 Å². The molecule has 1 heterocycles. The van der Waals surface area contributed by atoms with Gasteiger partial charge in [0.15, 0.2) is 0 Å². The molecule has 1 N–H and O–H groups in total. The molecule has 0 aromatic rings. The van der Waals surface area contributed by atoms with Gasteiger partial charge >= 0.3 is 0 Å². The van der Waals surface area contributed by atoms with E-state index in [-0.39, 0.29) is 5.60 Å². The average Bonchev–Trinajstić information content (AvgIpc) is 2.43. The number of hydrogen-bond donors (Lipinski definition) is 1. The summed E-state index contributed by atoms with van der Waals surface area (Å²) < 4.78 is 11.6. The third kappa shape index (κ3) is 3.32. The van der Waals surface area contributed by atoms with Crippen LogP contribution in [0.15, 0.2) is 0 Å². The molecule has 3 nitrogen and oxygen atoms in total. The molecule has 1 aliphatic carbocycles. The van der Waals surface area contributed by atoms with Gasteiger partial charge in [0.25, 0.3) is 0 Å². The molecular weight excluding hydrogens is 238 g/mol. The van der Waals surface area contributed by atoms with E-state index in [0.717, 1.165) is 13.2 Å². The molecule has 1 saturated carbocycles. The Kier molecular flexibility index (Phi) is 4.91. The second kappa shape index (κ2) is 6.11. The minimum atomic E-state index is 0.0340. The van der Waals surface area contributed by atoms with Crippen molar-refractivity contribution in [3.05, 3.63) is 0 Å². The molecule has 1 atom stereocenters. The fourth-order valence-electron chi connectivity index (χ4n) is 3.97. The van der Waals surface area contributed by atoms with Gasteiger partial charge in [-0.3, -0.25) is 0 Å². The molecule has 0 aromatic heterocycles. The molecule has 2 aliphatic rings. The lowest BCUT2D eigenvalue weighted by molar-refractivity contribution is -0.107. The third-order valence-electron chi connectivity index (χ3n) is 5.47. The summed E-state index contributed by atoms with van der Waals surface area (Å²) in [5, 5.41) is 3.58. The first-order valence-corrected chi connectivity index (χ1v) is 7.83. The lowest BCUT2D eigenvalue weighted by Crippen LogP contribution is -2.57. The monoisotopic (exact) mass is 269 g/mol. The number of ether oxygens (including phenoxy) is 2. The van der Waals surface area contributed by atoms with Crippen LogP contribution in [0.5, 0.6) is 0 Å². The van der Waals surface area contributed by atoms with E-state index in [9.17, 15) is 0 Å². The predicted octanol–water partition coefficient (Wildman–Crippen LogP) is 2.99. The maximum atomic E-state index is 6.08. The summed E-state index contributed by atoms with van der Waals surface area (Å²) in [5.41, 5.74) is 0.516. The van der Waals surface area contributed by atoms with Gasteiger partial charge in [-0.25, -0.2) is 0 Å². The fraction of sp³-hybridized carbons (Fsp3) is 1.00. The van der Waals surface area contributed by atoms with E-state index >= 15 is 0 Å². The van der Waals surface area contributed by atoms with Crippen molar-refractivity contribution in [2.45, 2.75) is 64.0 Å². The fourth-order valence-corrected chi connectivity index (χ4v) is 3.97. The lowest BCUT2D eigenvalue weighted by atomic mass is 9.65. The van der Waals surface area contributed by atoms with Crippen LogP contribution in [0.2, 0.25) is 0 Å². The molecule has 0 bridgehead atoms. The highest BCUT2D eigenvalue weighted by atomic mass is 16.5. The van der Waals surface area contributed by atoms with Crippen LogP contribution in [0.1, 0.15) is 52.4 Å². The summed E-state index contributed by atoms with van der Waals surface area (Å²) >= 11 is 0. The van der Waals surface area contributed by atoms with Gasteiger partial charge in [0.1, 0.15) is 0 Å². The van der Waals surface area contributed by atoms with Crippen molar-refractivity contribution in [3.63, 3.8) is 0 Å². The first-order valence-electron chi connectivity index (χ1n) is 7.83. The standard InChI is InChI=1S/C16H31NO2/c1-15(2)7-9-16(18-4,10-8-15)14(17-3)13-5-11-19-12-6-13/h13-14,17H,5-12H2,1-4H3. The second-order valence-electron chi connectivity index (χ2n) is 7.15. The van der Waals surface area contributed by atoms with Crippen LogP contribution < -0.4 is 5.32 Å². The Morgan fingerprint density at radius 1 is 1.11 bits per heavy atom. The topological polar surface area (TPSA) is 30.5 Å². The van der Waals surface area contributed by atoms with Crippen molar-refractivity contribution < 1.29 is 9.47 Å². The molecule has 1 unspecified atom stereocenters. The van der Waals surface area contributed by atoms with Crippen LogP contribution in [0.25, 0.3) is 0 Å². The molecule has 112 valence electrons. The van der Waals surface area contributed by atoms with Crippen LogP contribution in [0.4, 0.5) is 0 Å². The molecule has 1 aliphatic heterocycles. The average molecular weight is 269 g/mol. The molecule has 2 rings (SSSR count). The van der Waals surface area contributed by atoms with Gasteiger partial charge in [0.2, 0.25) is 0 Å². The lowest BCUT2D eigenvalue weighted by Gasteiger charge is -2.49. The molecule has 3 heteroatoms. The van der Waals surface area contributed by atoms with E-state index in [1.807, 2.05) is 7.11 Å². The van der Waals surface area contributed by atoms with E-state index < -0.39 is 0 Å². The van der Waals surface area contributed by atoms with E-state index in [4.69, 9.17) is 9.47 Å². The minimum absolute atomic E-state index is 0.0340. The van der Waals surface area contributed by atoms with Gasteiger partial charge in [0.05, 0.1) is 5.60 Å². The van der Waals surface area contributed by atoms with Crippen LogP contribution in [-0.2, 0) is 9.47 Å². The van der Waals surface area contributed by atoms with Crippen LogP contribution in [-0.4, -0.2) is 39.0 Å². The SMILES string of the molecule is CNC(C1CCOCC1)C1(OC)CCC(C)(C)CC1. The van der Waals surface area contributed by atoms with Crippen molar-refractivity contribution in [1.82, 2.24) is 5.32 Å². The van der Waals surface area contributed by atoms with Crippen molar-refractivity contribution in [1.29, 1.82) is 0 Å². The number of nitrogens with one attached hydrogen (secondary N) is 1. The highest BCUT2D eigenvalue weighted by molar-refractivity contribution is 5.01. The Labute approximate surface area is 118 Å². The molecule has 0 spiro atoms. The first-order chi connectivity index (χ1) is 9.03. The highest BCUT2D eigenvalue weighted by Gasteiger charge is 2.46. The Balaban J connectivity index is 2.09. The third-order valence-corrected chi connectivity index (χ3v) is 5.47. The first kappa shape index (κ1) is 15.3. The number of rotatable bonds is 4. The molecule has 19 heavy (non-hydrogen) atoms. The summed E-state index contributed by atoms with van der Waals surface area (Å²) in [5.74, 6) is 0.694. The summed E-state index contributed by atoms with van der Waals surface area (Å²) in [7, 11) is 4.00. The summed E-state index contributed by atoms with van der Waals surface area (Å²) in [6.07, 6.45) is 7.23. The molecule has 2 fully saturated rings. The van der Waals surface area contributed by atoms with Crippen molar-refractivity contribution in [3.8, 4) is 0 Å². The smallest absolute Gasteiger partial charge is 0.0834 e. The van der Waals surface area contributed by atoms with Crippen molar-refractivity contribution in [2.75, 3.05) is 27.4 Å². The van der Waals surface area contributed by atoms with Gasteiger partial charge < -0.3 is 14.8 Å². The Morgan fingerprint density at radius 3 is 2.16 bits per heavy atom. The van der Waals surface area contributed by atoms with E-state index in [0.29, 0.717) is 17.4 Å². The van der Waals surface area contributed by atoms with Crippen LogP contribution in [0.3, 0.4) is 0 Å². The Morgan fingerprint density at radius 2 is 1.68 bits per heavy atom. The second-order valence-corrected chi connectivity index (χ2v) is 7.15. The van der Waals surface area contributed by atoms with Gasteiger partial charge in [-0.15, -0.1) is 0 Å². The van der Waals surface area contributed by atoms with E-state index in [2.05, 4.69) is 26.2 Å². The van der Waals surface area contributed by atoms with Gasteiger partial charge in [-0.2, -0.15) is 0 Å². The van der Waals surface area contributed by atoms with Crippen molar-refractivity contribution in [2.24, 2.45) is 11.3 Å². The zero-order valence-corrected chi connectivity index (χ0v) is 13.1. The van der Waals surface area contributed by atoms with Crippen LogP contribution >= 0.6 is 0 Å². The largest absolute Gasteiger partial charge is 0.381 e. The molecule has 0 aromatic carbocycles. The Bertz CT molecular complexity index is 274. The normalized spacial score (nSPS) is 29.1. The van der Waals surface area contributed by atoms with Crippen molar-refractivity contribution >= 4 is 0 Å². The number of hydrogen-bond acceptors (Lipinski definition) is 3. The maximum Gasteiger partial charge on any atom is 0.0834 e. The molecule has 1 saturated heterocycles. The zero-order chi connectivity index (χ0) is 13.9. The number of likely N-dealkylation sites (N-methyl/N-ethyl adjacent to an activating group) is 1. The quantitative estimate of drug-likeness (QED) is 0.851. The summed E-state index contributed by atoms with van der Waals surface area (Å²) in [4.78, 5) is 0. The molecule has 0 amide bonds. The highest BCUT2D eigenvalue weighted by Crippen LogP contribution is 2.45. The summed E-state index contributed by atoms with van der Waals surface area (Å²) in [6, 6.07) is 0.470. The van der Waals surface area contributed by atoms with Gasteiger partial charge in [0, 0.05) is 26.4 Å².